The number of halogens is 3. The number of hydrogen-bond acceptors (Lipinski definition) is 11. The maximum Gasteiger partial charge on any atom is 0.427 e. The van der Waals surface area contributed by atoms with E-state index < -0.39 is 85.9 Å². The number of nitrogens with zero attached hydrogens (tertiary/aromatic N) is 3. The summed E-state index contributed by atoms with van der Waals surface area (Å²) in [6, 6.07) is 2.39. The van der Waals surface area contributed by atoms with Gasteiger partial charge in [0.2, 0.25) is 33.3 Å². The van der Waals surface area contributed by atoms with Crippen LogP contribution in [0, 0.1) is 17.8 Å². The summed E-state index contributed by atoms with van der Waals surface area (Å²) in [5, 5.41) is 5.19. The number of amides is 4. The van der Waals surface area contributed by atoms with Gasteiger partial charge in [-0.15, -0.1) is 0 Å². The van der Waals surface area contributed by atoms with E-state index in [1.54, 1.807) is 31.2 Å². The number of ether oxygens (including phenoxy) is 3. The number of allylic oxidation sites excluding steroid dienone is 1. The monoisotopic (exact) mass is 864 g/mol. The lowest BCUT2D eigenvalue weighted by atomic mass is 9.88. The van der Waals surface area contributed by atoms with E-state index in [0.717, 1.165) is 0 Å². The van der Waals surface area contributed by atoms with Crippen LogP contribution in [0.3, 0.4) is 0 Å². The number of aromatic nitrogens is 2. The Balaban J connectivity index is 1.37. The Bertz CT molecular complexity index is 2160. The zero-order valence-electron chi connectivity index (χ0n) is 35.1. The van der Waals surface area contributed by atoms with Gasteiger partial charge in [-0.1, -0.05) is 39.8 Å². The first-order chi connectivity index (χ1) is 27.9. The van der Waals surface area contributed by atoms with Gasteiger partial charge in [0, 0.05) is 24.3 Å². The van der Waals surface area contributed by atoms with Crippen LogP contribution in [0.15, 0.2) is 30.4 Å². The Morgan fingerprint density at radius 3 is 2.40 bits per heavy atom. The number of sulfonamides is 1. The molecule has 3 N–H and O–H groups in total. The lowest BCUT2D eigenvalue weighted by molar-refractivity contribution is -0.244. The summed E-state index contributed by atoms with van der Waals surface area (Å²) < 4.78 is 85.5. The summed E-state index contributed by atoms with van der Waals surface area (Å²) in [6.07, 6.45) is -1.44. The van der Waals surface area contributed by atoms with Crippen LogP contribution in [-0.4, -0.2) is 101 Å². The molecule has 15 nitrogen and oxygen atoms in total. The molecule has 4 amide bonds. The van der Waals surface area contributed by atoms with Crippen LogP contribution >= 0.6 is 0 Å². The molecule has 0 spiro atoms. The molecule has 0 bridgehead atoms. The minimum Gasteiger partial charge on any atom is -0.497 e. The molecular weight excluding hydrogens is 810 g/mol. The van der Waals surface area contributed by atoms with E-state index in [0.29, 0.717) is 68.4 Å². The van der Waals surface area contributed by atoms with Gasteiger partial charge in [0.15, 0.2) is 0 Å². The average Bonchev–Trinajstić information content (AvgIpc) is 4.04. The molecule has 6 rings (SSSR count). The zero-order chi connectivity index (χ0) is 44.2. The number of rotatable bonds is 9. The van der Waals surface area contributed by atoms with Gasteiger partial charge in [-0.2, -0.15) is 13.2 Å². The van der Waals surface area contributed by atoms with E-state index >= 15 is 0 Å². The summed E-state index contributed by atoms with van der Waals surface area (Å²) >= 11 is 0. The molecule has 2 saturated carbocycles. The van der Waals surface area contributed by atoms with Gasteiger partial charge in [0.1, 0.15) is 35.2 Å². The molecule has 19 heteroatoms. The molecule has 7 atom stereocenters. The highest BCUT2D eigenvalue weighted by Gasteiger charge is 2.63. The normalized spacial score (nSPS) is 28.4. The summed E-state index contributed by atoms with van der Waals surface area (Å²) in [6.45, 7) is 10.1. The van der Waals surface area contributed by atoms with Crippen LogP contribution < -0.4 is 24.8 Å². The van der Waals surface area contributed by atoms with Crippen molar-refractivity contribution in [1.29, 1.82) is 0 Å². The summed E-state index contributed by atoms with van der Waals surface area (Å²) in [4.78, 5) is 67.3. The summed E-state index contributed by atoms with van der Waals surface area (Å²) in [7, 11) is -2.58. The zero-order valence-corrected chi connectivity index (χ0v) is 36.0. The minimum atomic E-state index is -4.92. The lowest BCUT2D eigenvalue weighted by Crippen LogP contribution is -2.59. The number of methoxy groups -OCH3 is 1. The highest BCUT2D eigenvalue weighted by Crippen LogP contribution is 2.48. The highest BCUT2D eigenvalue weighted by molar-refractivity contribution is 7.91. The molecule has 0 radical (unpaired) electrons. The Kier molecular flexibility index (Phi) is 12.2. The Morgan fingerprint density at radius 1 is 1.07 bits per heavy atom. The molecule has 7 unspecified atom stereocenters. The summed E-state index contributed by atoms with van der Waals surface area (Å²) in [5.41, 5.74) is -3.02. The molecule has 1 aromatic heterocycles. The van der Waals surface area contributed by atoms with E-state index in [9.17, 15) is 40.8 Å². The Labute approximate surface area is 348 Å². The van der Waals surface area contributed by atoms with Crippen molar-refractivity contribution < 1.29 is 55.0 Å². The second kappa shape index (κ2) is 16.3. The highest BCUT2D eigenvalue weighted by atomic mass is 32.2. The number of carbonyl (C=O) groups is 4. The first-order valence-electron chi connectivity index (χ1n) is 20.3. The van der Waals surface area contributed by atoms with Crippen molar-refractivity contribution in [3.05, 3.63) is 36.0 Å². The Morgan fingerprint density at radius 2 is 1.77 bits per heavy atom. The average molecular weight is 865 g/mol. The first-order valence-corrected chi connectivity index (χ1v) is 21.8. The topological polar surface area (TPSA) is 195 Å². The number of hydrogen-bond donors (Lipinski definition) is 3. The first kappa shape index (κ1) is 44.9. The van der Waals surface area contributed by atoms with Crippen molar-refractivity contribution in [3.8, 4) is 11.6 Å². The third-order valence-electron chi connectivity index (χ3n) is 12.2. The molecule has 1 aromatic carbocycles. The van der Waals surface area contributed by atoms with Crippen LogP contribution in [0.1, 0.15) is 105 Å². The van der Waals surface area contributed by atoms with Gasteiger partial charge in [0.05, 0.1) is 29.4 Å². The SMILES string of the molecule is COc1ccc2nc(C(C)C)c(OC3CC4C(=O)NC5(C(=O)NS(=O)(=O)C6(C)CC6)CC5C=CCCC(C)CC(C)C(NC(=O)OC(C)(C)C(F)(F)F)C(=O)N4C3)nc2c1. The van der Waals surface area contributed by atoms with Crippen LogP contribution in [0.2, 0.25) is 0 Å². The molecule has 2 aliphatic carbocycles. The number of benzene rings is 1. The third kappa shape index (κ3) is 9.15. The maximum absolute atomic E-state index is 14.8. The van der Waals surface area contributed by atoms with Gasteiger partial charge < -0.3 is 29.7 Å². The van der Waals surface area contributed by atoms with Gasteiger partial charge in [-0.3, -0.25) is 19.1 Å². The molecule has 3 fully saturated rings. The van der Waals surface area contributed by atoms with Gasteiger partial charge in [-0.05, 0) is 83.3 Å². The third-order valence-corrected chi connectivity index (χ3v) is 14.4. The van der Waals surface area contributed by atoms with E-state index in [-0.39, 0.29) is 37.1 Å². The van der Waals surface area contributed by atoms with Crippen LogP contribution in [-0.2, 0) is 29.1 Å². The van der Waals surface area contributed by atoms with E-state index in [4.69, 9.17) is 24.2 Å². The van der Waals surface area contributed by atoms with Crippen LogP contribution in [0.5, 0.6) is 11.6 Å². The number of alkyl halides is 3. The number of carbonyl (C=O) groups excluding carboxylic acids is 4. The van der Waals surface area contributed by atoms with E-state index in [1.165, 1.54) is 18.9 Å². The van der Waals surface area contributed by atoms with Crippen molar-refractivity contribution in [2.45, 2.75) is 140 Å². The molecule has 2 aromatic rings. The largest absolute Gasteiger partial charge is 0.497 e. The molecule has 4 aliphatic rings. The van der Waals surface area contributed by atoms with Crippen LogP contribution in [0.4, 0.5) is 18.0 Å². The Hall–Kier alpha value is -4.68. The molecule has 330 valence electrons. The van der Waals surface area contributed by atoms with Crippen molar-refractivity contribution in [2.24, 2.45) is 17.8 Å². The standard InChI is InChI=1S/C41H55F3N6O9S/c1-22(2)31-34(46-29-18-26(57-8)13-14-28(29)45-31)58-27-19-30-33(51)48-40(36(53)49-60(55,56)39(7)15-16-39)20-25(40)12-10-9-11-23(3)17-24(4)32(35(52)50(30)21-27)47-37(54)59-38(5,6)41(42,43)44/h10,12-14,18,22-25,27,30,32H,9,11,15-17,19-21H2,1-8H3,(H,47,54)(H,48,51)(H,49,53). The summed E-state index contributed by atoms with van der Waals surface area (Å²) in [5.74, 6) is -3.23. The predicted molar refractivity (Wildman–Crippen MR) is 213 cm³/mol. The smallest absolute Gasteiger partial charge is 0.427 e. The molecule has 2 aliphatic heterocycles. The van der Waals surface area contributed by atoms with Crippen molar-refractivity contribution >= 4 is 44.9 Å². The van der Waals surface area contributed by atoms with Crippen LogP contribution in [0.25, 0.3) is 11.0 Å². The van der Waals surface area contributed by atoms with Gasteiger partial charge >= 0.3 is 12.3 Å². The number of alkyl carbamates (subject to hydrolysis) is 1. The number of nitrogens with one attached hydrogen (secondary N) is 3. The van der Waals surface area contributed by atoms with E-state index in [2.05, 4.69) is 15.4 Å². The lowest BCUT2D eigenvalue weighted by Gasteiger charge is -2.34. The fourth-order valence-electron chi connectivity index (χ4n) is 7.82. The maximum atomic E-state index is 14.8. The molecule has 1 saturated heterocycles. The fourth-order valence-corrected chi connectivity index (χ4v) is 9.13. The quantitative estimate of drug-likeness (QED) is 0.272. The second-order valence-electron chi connectivity index (χ2n) is 17.9. The van der Waals surface area contributed by atoms with Gasteiger partial charge in [-0.25, -0.2) is 23.2 Å². The fraction of sp³-hybridized carbons (Fsp3) is 0.659. The molecule has 3 heterocycles. The predicted octanol–water partition coefficient (Wildman–Crippen LogP) is 5.43. The van der Waals surface area contributed by atoms with E-state index in [1.807, 2.05) is 26.8 Å². The van der Waals surface area contributed by atoms with Gasteiger partial charge in [0.25, 0.3) is 5.91 Å². The molecular formula is C41H55F3N6O9S. The number of fused-ring (bicyclic) bond motifs is 3. The molecule has 60 heavy (non-hydrogen) atoms. The second-order valence-corrected chi connectivity index (χ2v) is 20.1. The van der Waals surface area contributed by atoms with Crippen molar-refractivity contribution in [2.75, 3.05) is 13.7 Å². The minimum absolute atomic E-state index is 0.0454. The van der Waals surface area contributed by atoms with Crippen molar-refractivity contribution in [3.63, 3.8) is 0 Å². The van der Waals surface area contributed by atoms with Crippen molar-refractivity contribution in [1.82, 2.24) is 30.2 Å².